The lowest BCUT2D eigenvalue weighted by molar-refractivity contribution is -0.127. The number of rotatable bonds is 11. The van der Waals surface area contributed by atoms with Crippen LogP contribution in [0, 0.1) is 28.5 Å². The Balaban J connectivity index is 1.27. The van der Waals surface area contributed by atoms with Crippen LogP contribution in [0.25, 0.3) is 0 Å². The van der Waals surface area contributed by atoms with Crippen LogP contribution in [-0.2, 0) is 26.8 Å². The van der Waals surface area contributed by atoms with Gasteiger partial charge in [-0.15, -0.1) is 0 Å². The van der Waals surface area contributed by atoms with Crippen LogP contribution in [0.2, 0.25) is 0 Å². The molecule has 3 amide bonds. The molecule has 1 aromatic carbocycles. The fourth-order valence-corrected chi connectivity index (χ4v) is 7.36. The Bertz CT molecular complexity index is 1390. The zero-order chi connectivity index (χ0) is 30.4. The lowest BCUT2D eigenvalue weighted by atomic mass is 9.66. The molecule has 43 heavy (non-hydrogen) atoms. The number of nitrogens with one attached hydrogen (secondary N) is 3. The van der Waals surface area contributed by atoms with E-state index in [1.54, 1.807) is 31.4 Å². The SMILES string of the molecule is Cn1nccc1C(=O)N[C@H](C(=O)Nc1cc(C2(C(=O)NCC3(C)CCC3)CCOC2)ccc1F)C(C1CCC1)C1(C)CC1. The van der Waals surface area contributed by atoms with Gasteiger partial charge in [0.2, 0.25) is 11.8 Å². The van der Waals surface area contributed by atoms with Crippen LogP contribution in [0.5, 0.6) is 0 Å². The third-order valence-corrected chi connectivity index (χ3v) is 11.0. The molecule has 2 aromatic rings. The number of ether oxygens (including phenoxy) is 1. The molecule has 4 aliphatic rings. The van der Waals surface area contributed by atoms with Gasteiger partial charge in [0.1, 0.15) is 17.6 Å². The molecule has 3 N–H and O–H groups in total. The molecule has 0 bridgehead atoms. The first-order valence-electron chi connectivity index (χ1n) is 15.8. The molecule has 3 saturated carbocycles. The van der Waals surface area contributed by atoms with Crippen molar-refractivity contribution < 1.29 is 23.5 Å². The van der Waals surface area contributed by atoms with E-state index in [0.29, 0.717) is 36.7 Å². The summed E-state index contributed by atoms with van der Waals surface area (Å²) < 4.78 is 22.5. The van der Waals surface area contributed by atoms with E-state index in [2.05, 4.69) is 34.9 Å². The summed E-state index contributed by atoms with van der Waals surface area (Å²) in [7, 11) is 1.68. The first kappa shape index (κ1) is 29.8. The highest BCUT2D eigenvalue weighted by molar-refractivity contribution is 6.01. The van der Waals surface area contributed by atoms with Gasteiger partial charge in [0, 0.05) is 26.4 Å². The van der Waals surface area contributed by atoms with Gasteiger partial charge in [-0.25, -0.2) is 4.39 Å². The number of amides is 3. The molecule has 2 heterocycles. The molecule has 1 aromatic heterocycles. The first-order chi connectivity index (χ1) is 20.5. The van der Waals surface area contributed by atoms with Crippen LogP contribution in [0.3, 0.4) is 0 Å². The van der Waals surface area contributed by atoms with E-state index in [1.165, 1.54) is 17.2 Å². The number of nitrogens with zero attached hydrogens (tertiary/aromatic N) is 2. The van der Waals surface area contributed by atoms with Crippen molar-refractivity contribution in [2.75, 3.05) is 25.1 Å². The van der Waals surface area contributed by atoms with E-state index in [9.17, 15) is 14.4 Å². The topological polar surface area (TPSA) is 114 Å². The van der Waals surface area contributed by atoms with Crippen molar-refractivity contribution in [3.05, 3.63) is 47.5 Å². The second kappa shape index (κ2) is 11.3. The van der Waals surface area contributed by atoms with Gasteiger partial charge in [-0.1, -0.05) is 45.6 Å². The van der Waals surface area contributed by atoms with Gasteiger partial charge in [-0.3, -0.25) is 19.1 Å². The highest BCUT2D eigenvalue weighted by Crippen LogP contribution is 2.58. The molecule has 2 unspecified atom stereocenters. The van der Waals surface area contributed by atoms with Crippen molar-refractivity contribution in [2.45, 2.75) is 83.1 Å². The molecule has 9 nitrogen and oxygen atoms in total. The molecule has 1 aliphatic heterocycles. The van der Waals surface area contributed by atoms with Gasteiger partial charge >= 0.3 is 0 Å². The van der Waals surface area contributed by atoms with Crippen molar-refractivity contribution in [3.63, 3.8) is 0 Å². The maximum Gasteiger partial charge on any atom is 0.270 e. The Morgan fingerprint density at radius 1 is 1.09 bits per heavy atom. The standard InChI is InChI=1S/C33H44FN5O4/c1-31(11-5-12-31)19-35-30(42)33(15-17-43-20-33)22-8-9-23(34)24(18-22)37-29(41)27(38-28(40)25-10-16-36-39(25)3)26(21-6-4-7-21)32(2)13-14-32/h8-10,16,18,21,26-27H,4-7,11-15,17,19-20H2,1-3H3,(H,35,42)(H,37,41)(H,38,40)/t26?,27-,33?/m0/s1. The predicted molar refractivity (Wildman–Crippen MR) is 160 cm³/mol. The van der Waals surface area contributed by atoms with Crippen molar-refractivity contribution in [3.8, 4) is 0 Å². The fraction of sp³-hybridized carbons (Fsp3) is 0.636. The van der Waals surface area contributed by atoms with Crippen LogP contribution >= 0.6 is 0 Å². The number of benzene rings is 1. The van der Waals surface area contributed by atoms with E-state index in [-0.39, 0.29) is 40.9 Å². The van der Waals surface area contributed by atoms with Crippen molar-refractivity contribution >= 4 is 23.4 Å². The Morgan fingerprint density at radius 2 is 1.86 bits per heavy atom. The van der Waals surface area contributed by atoms with Crippen LogP contribution in [0.4, 0.5) is 10.1 Å². The minimum Gasteiger partial charge on any atom is -0.380 e. The van der Waals surface area contributed by atoms with Crippen LogP contribution < -0.4 is 16.0 Å². The Hall–Kier alpha value is -3.27. The molecule has 1 saturated heterocycles. The summed E-state index contributed by atoms with van der Waals surface area (Å²) in [6.45, 7) is 5.58. The van der Waals surface area contributed by atoms with Crippen molar-refractivity contribution in [1.29, 1.82) is 0 Å². The quantitative estimate of drug-likeness (QED) is 0.356. The average Bonchev–Trinajstić information content (AvgIpc) is 3.30. The summed E-state index contributed by atoms with van der Waals surface area (Å²) in [6, 6.07) is 5.27. The smallest absolute Gasteiger partial charge is 0.270 e. The highest BCUT2D eigenvalue weighted by Gasteiger charge is 2.54. The summed E-state index contributed by atoms with van der Waals surface area (Å²) >= 11 is 0. The molecule has 3 aliphatic carbocycles. The molecule has 0 spiro atoms. The van der Waals surface area contributed by atoms with Crippen molar-refractivity contribution in [1.82, 2.24) is 20.4 Å². The molecule has 10 heteroatoms. The molecule has 232 valence electrons. The summed E-state index contributed by atoms with van der Waals surface area (Å²) in [5.74, 6) is -1.32. The third-order valence-electron chi connectivity index (χ3n) is 11.0. The van der Waals surface area contributed by atoms with Gasteiger partial charge in [0.25, 0.3) is 5.91 Å². The summed E-state index contributed by atoms with van der Waals surface area (Å²) in [5.41, 5.74) is 0.0507. The van der Waals surface area contributed by atoms with Gasteiger partial charge in [-0.05, 0) is 78.5 Å². The first-order valence-corrected chi connectivity index (χ1v) is 15.8. The van der Waals surface area contributed by atoms with E-state index < -0.39 is 23.2 Å². The maximum atomic E-state index is 15.3. The largest absolute Gasteiger partial charge is 0.380 e. The van der Waals surface area contributed by atoms with E-state index in [4.69, 9.17) is 4.74 Å². The summed E-state index contributed by atoms with van der Waals surface area (Å²) in [6.07, 6.45) is 10.4. The molecule has 0 radical (unpaired) electrons. The zero-order valence-electron chi connectivity index (χ0n) is 25.5. The fourth-order valence-electron chi connectivity index (χ4n) is 7.36. The third kappa shape index (κ3) is 5.70. The number of carbonyl (C=O) groups is 3. The van der Waals surface area contributed by atoms with Crippen molar-refractivity contribution in [2.24, 2.45) is 29.7 Å². The second-order valence-electron chi connectivity index (χ2n) is 14.1. The normalized spacial score (nSPS) is 25.1. The molecular formula is C33H44FN5O4. The Kier molecular flexibility index (Phi) is 7.85. The molecule has 3 atom stereocenters. The lowest BCUT2D eigenvalue weighted by Crippen LogP contribution is -2.54. The molecular weight excluding hydrogens is 549 g/mol. The van der Waals surface area contributed by atoms with E-state index in [0.717, 1.165) is 44.9 Å². The van der Waals surface area contributed by atoms with E-state index in [1.807, 2.05) is 0 Å². The van der Waals surface area contributed by atoms with E-state index >= 15 is 4.39 Å². The van der Waals surface area contributed by atoms with Gasteiger partial charge in [0.15, 0.2) is 0 Å². The summed E-state index contributed by atoms with van der Waals surface area (Å²) in [5, 5.41) is 13.1. The number of anilines is 1. The van der Waals surface area contributed by atoms with Crippen LogP contribution in [0.1, 0.15) is 87.7 Å². The number of carbonyl (C=O) groups excluding carboxylic acids is 3. The predicted octanol–water partition coefficient (Wildman–Crippen LogP) is 4.48. The zero-order valence-corrected chi connectivity index (χ0v) is 25.5. The van der Waals surface area contributed by atoms with Gasteiger partial charge in [0.05, 0.1) is 17.7 Å². The summed E-state index contributed by atoms with van der Waals surface area (Å²) in [4.78, 5) is 41.1. The second-order valence-corrected chi connectivity index (χ2v) is 14.1. The number of halogens is 1. The Labute approximate surface area is 252 Å². The number of aromatic nitrogens is 2. The number of hydrogen-bond acceptors (Lipinski definition) is 5. The Morgan fingerprint density at radius 3 is 2.42 bits per heavy atom. The minimum atomic E-state index is -0.962. The monoisotopic (exact) mass is 593 g/mol. The lowest BCUT2D eigenvalue weighted by Gasteiger charge is -2.42. The molecule has 6 rings (SSSR count). The minimum absolute atomic E-state index is 0.000575. The maximum absolute atomic E-state index is 15.3. The van der Waals surface area contributed by atoms with Crippen LogP contribution in [-0.4, -0.2) is 53.3 Å². The average molecular weight is 594 g/mol. The number of hydrogen-bond donors (Lipinski definition) is 3. The molecule has 4 fully saturated rings. The van der Waals surface area contributed by atoms with Gasteiger partial charge < -0.3 is 20.7 Å². The number of aryl methyl sites for hydroxylation is 1. The van der Waals surface area contributed by atoms with Gasteiger partial charge in [-0.2, -0.15) is 5.10 Å². The van der Waals surface area contributed by atoms with Crippen LogP contribution in [0.15, 0.2) is 30.5 Å². The highest BCUT2D eigenvalue weighted by atomic mass is 19.1.